The molecular weight excluding hydrogens is 220 g/mol. The van der Waals surface area contributed by atoms with E-state index in [4.69, 9.17) is 5.73 Å². The smallest absolute Gasteiger partial charge is 0.0477 e. The number of hydrogen-bond acceptors (Lipinski definition) is 1. The van der Waals surface area contributed by atoms with Gasteiger partial charge < -0.3 is 10.3 Å². The molecule has 0 aliphatic heterocycles. The van der Waals surface area contributed by atoms with Crippen molar-refractivity contribution in [1.82, 2.24) is 4.57 Å². The van der Waals surface area contributed by atoms with Gasteiger partial charge in [-0.15, -0.1) is 0 Å². The number of hydrogen-bond donors (Lipinski definition) is 1. The zero-order valence-corrected chi connectivity index (χ0v) is 10.8. The number of fused-ring (bicyclic) bond motifs is 1. The van der Waals surface area contributed by atoms with Crippen LogP contribution in [0.1, 0.15) is 5.56 Å². The quantitative estimate of drug-likeness (QED) is 0.594. The predicted octanol–water partition coefficient (Wildman–Crippen LogP) is 3.76. The molecule has 1 heterocycles. The van der Waals surface area contributed by atoms with Crippen molar-refractivity contribution in [2.24, 2.45) is 7.05 Å². The summed E-state index contributed by atoms with van der Waals surface area (Å²) in [6.07, 6.45) is 2.07. The van der Waals surface area contributed by atoms with E-state index in [2.05, 4.69) is 48.1 Å². The number of nitrogen functional groups attached to an aromatic ring is 1. The normalized spacial score (nSPS) is 9.89. The molecule has 0 fully saturated rings. The molecule has 18 heavy (non-hydrogen) atoms. The third kappa shape index (κ3) is 2.72. The number of aromatic nitrogens is 1. The molecule has 0 aliphatic rings. The molecule has 2 aromatic carbocycles. The van der Waals surface area contributed by atoms with Crippen molar-refractivity contribution >= 4 is 16.6 Å². The highest BCUT2D eigenvalue weighted by molar-refractivity contribution is 5.79. The summed E-state index contributed by atoms with van der Waals surface area (Å²) < 4.78 is 2.12. The summed E-state index contributed by atoms with van der Waals surface area (Å²) >= 11 is 0. The number of benzene rings is 2. The number of aryl methyl sites for hydroxylation is 2. The fraction of sp³-hybridized carbons (Fsp3) is 0.125. The molecule has 3 aromatic rings. The fourth-order valence-corrected chi connectivity index (χ4v) is 1.81. The Bertz CT molecular complexity index is 617. The molecule has 0 aliphatic carbocycles. The van der Waals surface area contributed by atoms with Crippen LogP contribution in [-0.4, -0.2) is 4.57 Å². The fourth-order valence-electron chi connectivity index (χ4n) is 1.81. The lowest BCUT2D eigenvalue weighted by Gasteiger charge is -1.93. The number of para-hydroxylation sites is 2. The van der Waals surface area contributed by atoms with Gasteiger partial charge in [0, 0.05) is 24.4 Å². The van der Waals surface area contributed by atoms with Gasteiger partial charge in [-0.2, -0.15) is 0 Å². The summed E-state index contributed by atoms with van der Waals surface area (Å²) in [4.78, 5) is 0. The van der Waals surface area contributed by atoms with Gasteiger partial charge in [-0.25, -0.2) is 0 Å². The minimum absolute atomic E-state index is 0.868. The van der Waals surface area contributed by atoms with E-state index in [9.17, 15) is 0 Å². The molecule has 1 aromatic heterocycles. The highest BCUT2D eigenvalue weighted by Gasteiger charge is 1.92. The highest BCUT2D eigenvalue weighted by atomic mass is 14.9. The Balaban J connectivity index is 0.000000138. The Morgan fingerprint density at radius 3 is 2.17 bits per heavy atom. The van der Waals surface area contributed by atoms with Gasteiger partial charge in [-0.3, -0.25) is 0 Å². The molecule has 0 saturated heterocycles. The van der Waals surface area contributed by atoms with Crippen molar-refractivity contribution in [1.29, 1.82) is 0 Å². The van der Waals surface area contributed by atoms with Crippen LogP contribution in [0.25, 0.3) is 10.9 Å². The summed E-state index contributed by atoms with van der Waals surface area (Å²) in [7, 11) is 2.06. The Labute approximate surface area is 108 Å². The summed E-state index contributed by atoms with van der Waals surface area (Å²) in [6.45, 7) is 2.00. The maximum absolute atomic E-state index is 5.52. The average molecular weight is 238 g/mol. The standard InChI is InChI=1S/C9H9N.C7H9N/c1-10-7-6-8-4-2-3-5-9(8)10;1-6-4-2-3-5-7(6)8/h2-7H,1H3;2-5H,8H2,1H3. The number of nitrogens with two attached hydrogens (primary N) is 1. The van der Waals surface area contributed by atoms with E-state index in [-0.39, 0.29) is 0 Å². The van der Waals surface area contributed by atoms with E-state index < -0.39 is 0 Å². The van der Waals surface area contributed by atoms with Crippen molar-refractivity contribution in [2.45, 2.75) is 6.92 Å². The van der Waals surface area contributed by atoms with Crippen molar-refractivity contribution in [3.63, 3.8) is 0 Å². The highest BCUT2D eigenvalue weighted by Crippen LogP contribution is 2.12. The van der Waals surface area contributed by atoms with E-state index >= 15 is 0 Å². The van der Waals surface area contributed by atoms with Crippen LogP contribution in [0, 0.1) is 6.92 Å². The Morgan fingerprint density at radius 2 is 1.56 bits per heavy atom. The third-order valence-electron chi connectivity index (χ3n) is 2.98. The number of rotatable bonds is 0. The average Bonchev–Trinajstić information content (AvgIpc) is 2.77. The zero-order valence-electron chi connectivity index (χ0n) is 10.8. The van der Waals surface area contributed by atoms with Gasteiger partial charge >= 0.3 is 0 Å². The van der Waals surface area contributed by atoms with E-state index in [1.165, 1.54) is 10.9 Å². The monoisotopic (exact) mass is 238 g/mol. The maximum Gasteiger partial charge on any atom is 0.0477 e. The molecule has 0 radical (unpaired) electrons. The molecule has 0 amide bonds. The molecule has 2 N–H and O–H groups in total. The summed E-state index contributed by atoms with van der Waals surface area (Å²) in [6, 6.07) is 18.3. The van der Waals surface area contributed by atoms with Gasteiger partial charge in [0.15, 0.2) is 0 Å². The molecule has 0 spiro atoms. The minimum Gasteiger partial charge on any atom is -0.399 e. The van der Waals surface area contributed by atoms with Crippen molar-refractivity contribution in [3.05, 3.63) is 66.4 Å². The minimum atomic E-state index is 0.868. The Kier molecular flexibility index (Phi) is 3.68. The summed E-state index contributed by atoms with van der Waals surface area (Å²) in [5, 5.41) is 1.31. The van der Waals surface area contributed by atoms with Crippen LogP contribution in [-0.2, 0) is 7.05 Å². The van der Waals surface area contributed by atoms with Crippen LogP contribution < -0.4 is 5.73 Å². The number of nitrogens with zero attached hydrogens (tertiary/aromatic N) is 1. The summed E-state index contributed by atoms with van der Waals surface area (Å²) in [5.74, 6) is 0. The van der Waals surface area contributed by atoms with Crippen molar-refractivity contribution in [2.75, 3.05) is 5.73 Å². The van der Waals surface area contributed by atoms with Crippen molar-refractivity contribution in [3.8, 4) is 0 Å². The van der Waals surface area contributed by atoms with Gasteiger partial charge in [0.25, 0.3) is 0 Å². The van der Waals surface area contributed by atoms with Gasteiger partial charge in [0.1, 0.15) is 0 Å². The first-order chi connectivity index (χ1) is 8.68. The molecule has 92 valence electrons. The molecule has 2 nitrogen and oxygen atoms in total. The zero-order chi connectivity index (χ0) is 13.0. The van der Waals surface area contributed by atoms with E-state index in [1.807, 2.05) is 31.2 Å². The lowest BCUT2D eigenvalue weighted by Crippen LogP contribution is -1.85. The van der Waals surface area contributed by atoms with Crippen LogP contribution in [0.15, 0.2) is 60.8 Å². The third-order valence-corrected chi connectivity index (χ3v) is 2.98. The van der Waals surface area contributed by atoms with Crippen LogP contribution in [0.4, 0.5) is 5.69 Å². The van der Waals surface area contributed by atoms with E-state index in [0.717, 1.165) is 11.3 Å². The van der Waals surface area contributed by atoms with Crippen LogP contribution >= 0.6 is 0 Å². The first-order valence-corrected chi connectivity index (χ1v) is 5.99. The molecule has 2 heteroatoms. The second-order valence-corrected chi connectivity index (χ2v) is 4.34. The van der Waals surface area contributed by atoms with Gasteiger partial charge in [-0.1, -0.05) is 36.4 Å². The predicted molar refractivity (Wildman–Crippen MR) is 78.5 cm³/mol. The Morgan fingerprint density at radius 1 is 0.889 bits per heavy atom. The molecule has 0 saturated carbocycles. The van der Waals surface area contributed by atoms with Crippen LogP contribution in [0.2, 0.25) is 0 Å². The van der Waals surface area contributed by atoms with Crippen LogP contribution in [0.5, 0.6) is 0 Å². The van der Waals surface area contributed by atoms with Gasteiger partial charge in [0.05, 0.1) is 0 Å². The largest absolute Gasteiger partial charge is 0.399 e. The van der Waals surface area contributed by atoms with Gasteiger partial charge in [0.2, 0.25) is 0 Å². The molecule has 3 rings (SSSR count). The first-order valence-electron chi connectivity index (χ1n) is 5.99. The second-order valence-electron chi connectivity index (χ2n) is 4.34. The van der Waals surface area contributed by atoms with Crippen molar-refractivity contribution < 1.29 is 0 Å². The maximum atomic E-state index is 5.52. The number of anilines is 1. The van der Waals surface area contributed by atoms with E-state index in [0.29, 0.717) is 0 Å². The van der Waals surface area contributed by atoms with Gasteiger partial charge in [-0.05, 0) is 36.1 Å². The molecule has 0 unspecified atom stereocenters. The Hall–Kier alpha value is -2.22. The molecule has 0 atom stereocenters. The SMILES string of the molecule is Cc1ccccc1N.Cn1ccc2ccccc21. The first kappa shape index (κ1) is 12.2. The lowest BCUT2D eigenvalue weighted by molar-refractivity contribution is 0.969. The topological polar surface area (TPSA) is 30.9 Å². The summed E-state index contributed by atoms with van der Waals surface area (Å²) in [5.41, 5.74) is 8.83. The van der Waals surface area contributed by atoms with E-state index in [1.54, 1.807) is 0 Å². The molecular formula is C16H18N2. The second kappa shape index (κ2) is 5.41. The van der Waals surface area contributed by atoms with Crippen LogP contribution in [0.3, 0.4) is 0 Å². The molecule has 0 bridgehead atoms. The lowest BCUT2D eigenvalue weighted by atomic mass is 10.2.